The van der Waals surface area contributed by atoms with Gasteiger partial charge in [0.05, 0.1) is 23.6 Å². The van der Waals surface area contributed by atoms with Gasteiger partial charge < -0.3 is 14.2 Å². The molecule has 2 aliphatic carbocycles. The fourth-order valence-corrected chi connectivity index (χ4v) is 7.52. The summed E-state index contributed by atoms with van der Waals surface area (Å²) in [5.41, 5.74) is 0. The fraction of sp³-hybridized carbons (Fsp3) is 0.739. The lowest BCUT2D eigenvalue weighted by atomic mass is 9.69. The molecule has 31 heavy (non-hydrogen) atoms. The Kier molecular flexibility index (Phi) is 6.21. The lowest BCUT2D eigenvalue weighted by Crippen LogP contribution is -2.67. The average molecular weight is 451 g/mol. The van der Waals surface area contributed by atoms with E-state index in [2.05, 4.69) is 0 Å². The van der Waals surface area contributed by atoms with Gasteiger partial charge in [-0.25, -0.2) is 8.42 Å². The summed E-state index contributed by atoms with van der Waals surface area (Å²) in [6.07, 6.45) is 8.96. The molecule has 0 bridgehead atoms. The van der Waals surface area contributed by atoms with Crippen molar-refractivity contribution in [3.8, 4) is 0 Å². The van der Waals surface area contributed by atoms with Crippen LogP contribution in [0.1, 0.15) is 69.3 Å². The zero-order valence-corrected chi connectivity index (χ0v) is 19.5. The molecule has 3 aliphatic rings. The second kappa shape index (κ2) is 8.60. The summed E-state index contributed by atoms with van der Waals surface area (Å²) in [6.45, 7) is 4.14. The van der Waals surface area contributed by atoms with Crippen LogP contribution in [0.3, 0.4) is 0 Å². The normalized spacial score (nSPS) is 34.3. The van der Waals surface area contributed by atoms with E-state index in [-0.39, 0.29) is 35.2 Å². The Morgan fingerprint density at radius 1 is 1.03 bits per heavy atom. The van der Waals surface area contributed by atoms with Crippen molar-refractivity contribution in [2.24, 2.45) is 11.8 Å². The van der Waals surface area contributed by atoms with Crippen LogP contribution in [-0.4, -0.2) is 66.2 Å². The van der Waals surface area contributed by atoms with Gasteiger partial charge >= 0.3 is 0 Å². The van der Waals surface area contributed by atoms with Crippen molar-refractivity contribution in [3.63, 3.8) is 0 Å². The zero-order chi connectivity index (χ0) is 22.3. The van der Waals surface area contributed by atoms with Gasteiger partial charge in [0.15, 0.2) is 5.76 Å². The molecule has 0 aromatic carbocycles. The van der Waals surface area contributed by atoms with Crippen LogP contribution in [0.4, 0.5) is 0 Å². The molecule has 1 aromatic rings. The Morgan fingerprint density at radius 2 is 1.71 bits per heavy atom. The maximum absolute atomic E-state index is 13.2. The first kappa shape index (κ1) is 22.4. The first-order valence-corrected chi connectivity index (χ1v) is 13.4. The molecule has 3 fully saturated rings. The first-order chi connectivity index (χ1) is 14.7. The molecule has 0 N–H and O–H groups in total. The number of carbonyl (C=O) groups is 2. The van der Waals surface area contributed by atoms with E-state index in [1.807, 2.05) is 16.7 Å². The number of piperazine rings is 1. The minimum atomic E-state index is -2.97. The summed E-state index contributed by atoms with van der Waals surface area (Å²) < 4.78 is 29.3. The van der Waals surface area contributed by atoms with Crippen LogP contribution >= 0.6 is 0 Å². The second-order valence-electron chi connectivity index (χ2n) is 9.78. The molecule has 3 unspecified atom stereocenters. The summed E-state index contributed by atoms with van der Waals surface area (Å²) in [5, 5.41) is -0.208. The van der Waals surface area contributed by atoms with Crippen LogP contribution in [0.25, 0.3) is 0 Å². The van der Waals surface area contributed by atoms with Gasteiger partial charge in [-0.3, -0.25) is 9.59 Å². The van der Waals surface area contributed by atoms with E-state index >= 15 is 0 Å². The Hall–Kier alpha value is -1.83. The number of hydrogen-bond acceptors (Lipinski definition) is 5. The molecule has 1 saturated heterocycles. The van der Waals surface area contributed by atoms with E-state index in [0.29, 0.717) is 24.1 Å². The minimum absolute atomic E-state index is 0.0240. The van der Waals surface area contributed by atoms with Crippen molar-refractivity contribution in [2.45, 2.75) is 82.2 Å². The van der Waals surface area contributed by atoms with Gasteiger partial charge in [-0.2, -0.15) is 0 Å². The summed E-state index contributed by atoms with van der Waals surface area (Å²) >= 11 is 0. The fourth-order valence-electron chi connectivity index (χ4n) is 6.39. The molecule has 4 atom stereocenters. The van der Waals surface area contributed by atoms with Gasteiger partial charge in [0.25, 0.3) is 5.91 Å². The van der Waals surface area contributed by atoms with Crippen molar-refractivity contribution in [2.75, 3.05) is 12.8 Å². The third-order valence-electron chi connectivity index (χ3n) is 7.86. The lowest BCUT2D eigenvalue weighted by molar-refractivity contribution is -0.142. The molecule has 8 heteroatoms. The molecule has 1 aromatic heterocycles. The predicted molar refractivity (Wildman–Crippen MR) is 117 cm³/mol. The minimum Gasteiger partial charge on any atom is -0.459 e. The van der Waals surface area contributed by atoms with Gasteiger partial charge in [-0.1, -0.05) is 0 Å². The number of fused-ring (bicyclic) bond motifs is 1. The number of carbonyl (C=O) groups excluding carboxylic acids is 2. The second-order valence-corrected chi connectivity index (χ2v) is 12.1. The Morgan fingerprint density at radius 3 is 2.29 bits per heavy atom. The van der Waals surface area contributed by atoms with E-state index in [9.17, 15) is 18.0 Å². The number of amides is 2. The SMILES string of the molecule is CC(=O)N1C2CCC(C3CCC(S(C)(=O)=O)CC3)CC2N(C(=O)c2ccco2)C[C@@H]1C. The van der Waals surface area contributed by atoms with Crippen molar-refractivity contribution in [1.82, 2.24) is 9.80 Å². The topological polar surface area (TPSA) is 87.9 Å². The number of nitrogens with zero attached hydrogens (tertiary/aromatic N) is 2. The third kappa shape index (κ3) is 4.41. The highest BCUT2D eigenvalue weighted by molar-refractivity contribution is 7.91. The Bertz CT molecular complexity index is 904. The highest BCUT2D eigenvalue weighted by Gasteiger charge is 2.48. The number of rotatable bonds is 3. The quantitative estimate of drug-likeness (QED) is 0.706. The summed E-state index contributed by atoms with van der Waals surface area (Å²) in [4.78, 5) is 29.6. The maximum atomic E-state index is 13.2. The van der Waals surface area contributed by atoms with Crippen molar-refractivity contribution in [3.05, 3.63) is 24.2 Å². The molecule has 7 nitrogen and oxygen atoms in total. The van der Waals surface area contributed by atoms with Gasteiger partial charge in [-0.15, -0.1) is 0 Å². The van der Waals surface area contributed by atoms with E-state index in [4.69, 9.17) is 4.42 Å². The van der Waals surface area contributed by atoms with Crippen molar-refractivity contribution < 1.29 is 22.4 Å². The summed E-state index contributed by atoms with van der Waals surface area (Å²) in [5.74, 6) is 1.26. The lowest BCUT2D eigenvalue weighted by Gasteiger charge is -2.54. The van der Waals surface area contributed by atoms with Crippen molar-refractivity contribution >= 4 is 21.7 Å². The van der Waals surface area contributed by atoms with Crippen LogP contribution in [0.5, 0.6) is 0 Å². The van der Waals surface area contributed by atoms with E-state index < -0.39 is 9.84 Å². The van der Waals surface area contributed by atoms with Gasteiger partial charge in [0.2, 0.25) is 5.91 Å². The molecular formula is C23H34N2O5S. The van der Waals surface area contributed by atoms with Crippen LogP contribution in [0.15, 0.2) is 22.8 Å². The van der Waals surface area contributed by atoms with Crippen LogP contribution in [0.2, 0.25) is 0 Å². The van der Waals surface area contributed by atoms with E-state index in [0.717, 1.165) is 44.9 Å². The molecular weight excluding hydrogens is 416 g/mol. The predicted octanol–water partition coefficient (Wildman–Crippen LogP) is 3.11. The van der Waals surface area contributed by atoms with Gasteiger partial charge in [0.1, 0.15) is 9.84 Å². The maximum Gasteiger partial charge on any atom is 0.289 e. The summed E-state index contributed by atoms with van der Waals surface area (Å²) in [6, 6.07) is 3.41. The number of sulfone groups is 1. The van der Waals surface area contributed by atoms with Gasteiger partial charge in [-0.05, 0) is 75.8 Å². The number of furan rings is 1. The Balaban J connectivity index is 1.53. The molecule has 172 valence electrons. The van der Waals surface area contributed by atoms with Crippen LogP contribution < -0.4 is 0 Å². The average Bonchev–Trinajstić information content (AvgIpc) is 3.26. The molecule has 2 heterocycles. The number of hydrogen-bond donors (Lipinski definition) is 0. The molecule has 4 rings (SSSR count). The smallest absolute Gasteiger partial charge is 0.289 e. The standard InChI is InChI=1S/C23H34N2O5S/c1-15-14-24(23(27)22-5-4-12-30-22)21-13-18(8-11-20(21)25(15)16(2)26)17-6-9-19(10-7-17)31(3,28)29/h4-5,12,15,17-21H,6-11,13-14H2,1-3H3/t15-,17?,18?,19?,20?,21?/m0/s1. The molecule has 1 aliphatic heterocycles. The Labute approximate surface area is 185 Å². The van der Waals surface area contributed by atoms with E-state index in [1.54, 1.807) is 19.1 Å². The van der Waals surface area contributed by atoms with Crippen molar-refractivity contribution in [1.29, 1.82) is 0 Å². The molecule has 2 amide bonds. The summed E-state index contributed by atoms with van der Waals surface area (Å²) in [7, 11) is -2.97. The van der Waals surface area contributed by atoms with Crippen LogP contribution in [-0.2, 0) is 14.6 Å². The zero-order valence-electron chi connectivity index (χ0n) is 18.7. The highest BCUT2D eigenvalue weighted by Crippen LogP contribution is 2.43. The monoisotopic (exact) mass is 450 g/mol. The molecule has 2 saturated carbocycles. The van der Waals surface area contributed by atoms with E-state index in [1.165, 1.54) is 12.5 Å². The molecule has 0 radical (unpaired) electrons. The first-order valence-electron chi connectivity index (χ1n) is 11.5. The third-order valence-corrected chi connectivity index (χ3v) is 9.54. The van der Waals surface area contributed by atoms with Gasteiger partial charge in [0, 0.05) is 25.8 Å². The highest BCUT2D eigenvalue weighted by atomic mass is 32.2. The largest absolute Gasteiger partial charge is 0.459 e. The molecule has 0 spiro atoms. The van der Waals surface area contributed by atoms with Crippen LogP contribution in [0, 0.1) is 11.8 Å².